The number of esters is 1. The Hall–Kier alpha value is -3.94. The van der Waals surface area contributed by atoms with E-state index < -0.39 is 16.8 Å². The molecule has 0 aliphatic heterocycles. The van der Waals surface area contributed by atoms with E-state index in [0.29, 0.717) is 5.56 Å². The van der Waals surface area contributed by atoms with Gasteiger partial charge in [0.05, 0.1) is 22.7 Å². The molecule has 1 amide bonds. The van der Waals surface area contributed by atoms with Crippen LogP contribution in [0.15, 0.2) is 40.3 Å². The smallest absolute Gasteiger partial charge is 0.341 e. The van der Waals surface area contributed by atoms with Crippen LogP contribution in [0.2, 0.25) is 5.02 Å². The van der Waals surface area contributed by atoms with Crippen LogP contribution < -0.4 is 5.32 Å². The summed E-state index contributed by atoms with van der Waals surface area (Å²) in [5.41, 5.74) is 0.586. The number of anilines is 1. The lowest BCUT2D eigenvalue weighted by molar-refractivity contribution is -0.384. The molecular formula is C23H18ClN3O6S. The normalized spacial score (nSPS) is 11.1. The zero-order valence-electron chi connectivity index (χ0n) is 18.3. The van der Waals surface area contributed by atoms with E-state index in [9.17, 15) is 25.0 Å². The minimum atomic E-state index is -0.746. The summed E-state index contributed by atoms with van der Waals surface area (Å²) in [4.78, 5) is 36.7. The Morgan fingerprint density at radius 3 is 2.71 bits per heavy atom. The second kappa shape index (κ2) is 10.3. The number of nitrogens with zero attached hydrogens (tertiary/aromatic N) is 2. The number of halogens is 1. The van der Waals surface area contributed by atoms with Gasteiger partial charge in [0.25, 0.3) is 11.6 Å². The Morgan fingerprint density at radius 2 is 2.06 bits per heavy atom. The Morgan fingerprint density at radius 1 is 1.32 bits per heavy atom. The van der Waals surface area contributed by atoms with Crippen molar-refractivity contribution in [3.63, 3.8) is 0 Å². The predicted molar refractivity (Wildman–Crippen MR) is 128 cm³/mol. The lowest BCUT2D eigenvalue weighted by atomic mass is 10.1. The number of nitriles is 1. The number of hydrogen-bond acceptors (Lipinski definition) is 8. The van der Waals surface area contributed by atoms with Crippen LogP contribution >= 0.6 is 22.9 Å². The van der Waals surface area contributed by atoms with Gasteiger partial charge in [-0.15, -0.1) is 11.3 Å². The summed E-state index contributed by atoms with van der Waals surface area (Å²) in [6.07, 6.45) is 1.21. The SMILES string of the molecule is CCOC(=O)c1c(NC(=O)/C(C#N)=C/c2ccc(-c3ccc(Cl)cc3[N+](=O)[O-])o2)sc(C)c1C. The van der Waals surface area contributed by atoms with Gasteiger partial charge in [0.2, 0.25) is 0 Å². The monoisotopic (exact) mass is 499 g/mol. The number of carbonyl (C=O) groups is 2. The second-order valence-corrected chi connectivity index (χ2v) is 8.61. The number of aryl methyl sites for hydroxylation is 1. The van der Waals surface area contributed by atoms with Crippen LogP contribution in [-0.4, -0.2) is 23.4 Å². The fourth-order valence-electron chi connectivity index (χ4n) is 3.06. The van der Waals surface area contributed by atoms with Gasteiger partial charge in [-0.25, -0.2) is 4.79 Å². The standard InChI is InChI=1S/C23H18ClN3O6S/c1-4-32-23(29)20-12(2)13(3)34-22(20)26-21(28)14(11-25)9-16-6-8-19(33-16)17-7-5-15(24)10-18(17)27(30)31/h5-10H,4H2,1-3H3,(H,26,28)/b14-9+. The number of hydrogen-bond donors (Lipinski definition) is 1. The first-order valence-corrected chi connectivity index (χ1v) is 11.1. The highest BCUT2D eigenvalue weighted by Gasteiger charge is 2.24. The molecule has 0 saturated heterocycles. The quantitative estimate of drug-likeness (QED) is 0.140. The molecule has 2 heterocycles. The molecular weight excluding hydrogens is 482 g/mol. The third-order valence-electron chi connectivity index (χ3n) is 4.79. The van der Waals surface area contributed by atoms with Crippen molar-refractivity contribution in [2.75, 3.05) is 11.9 Å². The van der Waals surface area contributed by atoms with Crippen molar-refractivity contribution in [3.05, 3.63) is 72.8 Å². The van der Waals surface area contributed by atoms with Gasteiger partial charge in [0.15, 0.2) is 0 Å². The van der Waals surface area contributed by atoms with Crippen LogP contribution in [0.4, 0.5) is 10.7 Å². The highest BCUT2D eigenvalue weighted by Crippen LogP contribution is 2.35. The van der Waals surface area contributed by atoms with E-state index >= 15 is 0 Å². The van der Waals surface area contributed by atoms with Gasteiger partial charge >= 0.3 is 5.97 Å². The summed E-state index contributed by atoms with van der Waals surface area (Å²) in [6.45, 7) is 5.41. The minimum absolute atomic E-state index is 0.134. The van der Waals surface area contributed by atoms with Crippen LogP contribution in [0.5, 0.6) is 0 Å². The fourth-order valence-corrected chi connectivity index (χ4v) is 4.27. The molecule has 174 valence electrons. The lowest BCUT2D eigenvalue weighted by Gasteiger charge is -2.06. The van der Waals surface area contributed by atoms with E-state index in [1.165, 1.54) is 47.7 Å². The maximum absolute atomic E-state index is 12.8. The summed E-state index contributed by atoms with van der Waals surface area (Å²) >= 11 is 7.05. The summed E-state index contributed by atoms with van der Waals surface area (Å²) in [5.74, 6) is -1.01. The highest BCUT2D eigenvalue weighted by molar-refractivity contribution is 7.16. The van der Waals surface area contributed by atoms with Crippen LogP contribution in [0.25, 0.3) is 17.4 Å². The first-order chi connectivity index (χ1) is 16.2. The van der Waals surface area contributed by atoms with Crippen LogP contribution in [0.1, 0.15) is 33.5 Å². The summed E-state index contributed by atoms with van der Waals surface area (Å²) < 4.78 is 10.7. The van der Waals surface area contributed by atoms with Crippen molar-refractivity contribution >= 4 is 51.6 Å². The third kappa shape index (κ3) is 5.17. The average molecular weight is 500 g/mol. The van der Waals surface area contributed by atoms with Gasteiger partial charge < -0.3 is 14.5 Å². The lowest BCUT2D eigenvalue weighted by Crippen LogP contribution is -2.16. The number of benzene rings is 1. The molecule has 0 spiro atoms. The molecule has 1 N–H and O–H groups in total. The zero-order chi connectivity index (χ0) is 25.0. The molecule has 11 heteroatoms. The van der Waals surface area contributed by atoms with Crippen molar-refractivity contribution in [1.29, 1.82) is 5.26 Å². The topological polar surface area (TPSA) is 135 Å². The van der Waals surface area contributed by atoms with E-state index in [-0.39, 0.29) is 50.5 Å². The van der Waals surface area contributed by atoms with Crippen LogP contribution in [0, 0.1) is 35.3 Å². The predicted octanol–water partition coefficient (Wildman–Crippen LogP) is 5.91. The average Bonchev–Trinajstić information content (AvgIpc) is 3.36. The van der Waals surface area contributed by atoms with Crippen molar-refractivity contribution < 1.29 is 23.7 Å². The molecule has 0 saturated carbocycles. The second-order valence-electron chi connectivity index (χ2n) is 6.95. The zero-order valence-corrected chi connectivity index (χ0v) is 19.9. The number of nitro groups is 1. The Bertz CT molecular complexity index is 1370. The van der Waals surface area contributed by atoms with Gasteiger partial charge in [-0.2, -0.15) is 5.26 Å². The van der Waals surface area contributed by atoms with Crippen LogP contribution in [0.3, 0.4) is 0 Å². The van der Waals surface area contributed by atoms with Gasteiger partial charge in [-0.3, -0.25) is 14.9 Å². The first-order valence-electron chi connectivity index (χ1n) is 9.90. The van der Waals surface area contributed by atoms with E-state index in [0.717, 1.165) is 4.88 Å². The van der Waals surface area contributed by atoms with Crippen LogP contribution in [-0.2, 0) is 9.53 Å². The molecule has 0 aliphatic rings. The van der Waals surface area contributed by atoms with E-state index in [4.69, 9.17) is 20.8 Å². The number of thiophene rings is 1. The third-order valence-corrected chi connectivity index (χ3v) is 6.15. The molecule has 0 bridgehead atoms. The molecule has 0 atom stereocenters. The fraction of sp³-hybridized carbons (Fsp3) is 0.174. The largest absolute Gasteiger partial charge is 0.462 e. The number of ether oxygens (including phenoxy) is 1. The number of rotatable bonds is 7. The molecule has 3 rings (SSSR count). The number of furan rings is 1. The molecule has 0 unspecified atom stereocenters. The Kier molecular flexibility index (Phi) is 7.50. The van der Waals surface area contributed by atoms with Gasteiger partial charge in [-0.1, -0.05) is 11.6 Å². The Labute approximate surface area is 203 Å². The number of nitrogens with one attached hydrogen (secondary N) is 1. The van der Waals surface area contributed by atoms with Crippen molar-refractivity contribution in [2.24, 2.45) is 0 Å². The first kappa shape index (κ1) is 24.7. The van der Waals surface area contributed by atoms with Gasteiger partial charge in [0, 0.05) is 22.0 Å². The molecule has 3 aromatic rings. The summed E-state index contributed by atoms with van der Waals surface area (Å²) in [6, 6.07) is 8.90. The molecule has 2 aromatic heterocycles. The van der Waals surface area contributed by atoms with Gasteiger partial charge in [-0.05, 0) is 50.6 Å². The molecule has 34 heavy (non-hydrogen) atoms. The number of amides is 1. The van der Waals surface area contributed by atoms with Gasteiger partial charge in [0.1, 0.15) is 28.2 Å². The molecule has 9 nitrogen and oxygen atoms in total. The minimum Gasteiger partial charge on any atom is -0.462 e. The summed E-state index contributed by atoms with van der Waals surface area (Å²) in [7, 11) is 0. The Balaban J connectivity index is 1.90. The maximum Gasteiger partial charge on any atom is 0.341 e. The molecule has 0 radical (unpaired) electrons. The molecule has 1 aromatic carbocycles. The number of nitro benzene ring substituents is 1. The maximum atomic E-state index is 12.8. The highest BCUT2D eigenvalue weighted by atomic mass is 35.5. The molecule has 0 fully saturated rings. The van der Waals surface area contributed by atoms with Crippen molar-refractivity contribution in [2.45, 2.75) is 20.8 Å². The molecule has 0 aliphatic carbocycles. The number of carbonyl (C=O) groups excluding carboxylic acids is 2. The van der Waals surface area contributed by atoms with E-state index in [1.54, 1.807) is 26.8 Å². The summed E-state index contributed by atoms with van der Waals surface area (Å²) in [5, 5.41) is 23.9. The van der Waals surface area contributed by atoms with Crippen molar-refractivity contribution in [3.8, 4) is 17.4 Å². The van der Waals surface area contributed by atoms with E-state index in [1.807, 2.05) is 0 Å². The van der Waals surface area contributed by atoms with E-state index in [2.05, 4.69) is 5.32 Å². The van der Waals surface area contributed by atoms with Crippen molar-refractivity contribution in [1.82, 2.24) is 0 Å².